The topological polar surface area (TPSA) is 84.0 Å². The van der Waals surface area contributed by atoms with Crippen molar-refractivity contribution >= 4 is 32.8 Å². The second-order valence-corrected chi connectivity index (χ2v) is 9.03. The number of anilines is 4. The summed E-state index contributed by atoms with van der Waals surface area (Å²) in [5, 5.41) is 6.42. The molecule has 0 aliphatic heterocycles. The normalized spacial score (nSPS) is 11.4. The summed E-state index contributed by atoms with van der Waals surface area (Å²) in [6.45, 7) is 5.93. The van der Waals surface area contributed by atoms with Gasteiger partial charge < -0.3 is 10.6 Å². The van der Waals surface area contributed by atoms with E-state index in [1.54, 1.807) is 37.3 Å². The van der Waals surface area contributed by atoms with Gasteiger partial charge in [0, 0.05) is 17.4 Å². The largest absolute Gasteiger partial charge is 0.340 e. The second kappa shape index (κ2) is 8.39. The van der Waals surface area contributed by atoms with Crippen LogP contribution in [0.25, 0.3) is 0 Å². The van der Waals surface area contributed by atoms with Crippen molar-refractivity contribution in [1.29, 1.82) is 0 Å². The third-order valence-corrected chi connectivity index (χ3v) is 6.07. The number of benzene rings is 2. The van der Waals surface area contributed by atoms with Crippen LogP contribution in [0, 0.1) is 0 Å². The van der Waals surface area contributed by atoms with E-state index in [-0.39, 0.29) is 10.6 Å². The number of nitrogens with one attached hydrogen (secondary N) is 2. The van der Waals surface area contributed by atoms with Crippen LogP contribution in [0.5, 0.6) is 0 Å². The molecule has 0 unspecified atom stereocenters. The molecule has 0 atom stereocenters. The molecule has 146 valence electrons. The summed E-state index contributed by atoms with van der Waals surface area (Å²) >= 11 is 0. The zero-order valence-corrected chi connectivity index (χ0v) is 17.0. The van der Waals surface area contributed by atoms with Crippen LogP contribution >= 0.6 is 0 Å². The molecule has 7 heteroatoms. The van der Waals surface area contributed by atoms with Crippen molar-refractivity contribution in [3.8, 4) is 0 Å². The van der Waals surface area contributed by atoms with Gasteiger partial charge in [0.25, 0.3) is 0 Å². The lowest BCUT2D eigenvalue weighted by atomic mass is 10.0. The molecular weight excluding hydrogens is 372 g/mol. The maximum Gasteiger partial charge on any atom is 0.178 e. The number of hydrogen-bond acceptors (Lipinski definition) is 6. The highest BCUT2D eigenvalue weighted by Gasteiger charge is 2.12. The summed E-state index contributed by atoms with van der Waals surface area (Å²) in [7, 11) is -3.26. The fourth-order valence-corrected chi connectivity index (χ4v) is 3.63. The lowest BCUT2D eigenvalue weighted by Gasteiger charge is -2.11. The molecule has 0 spiro atoms. The van der Waals surface area contributed by atoms with Crippen molar-refractivity contribution in [3.63, 3.8) is 0 Å². The Bertz CT molecular complexity index is 1070. The molecule has 28 heavy (non-hydrogen) atoms. The van der Waals surface area contributed by atoms with Gasteiger partial charge in [-0.15, -0.1) is 0 Å². The summed E-state index contributed by atoms with van der Waals surface area (Å²) in [5.74, 6) is 1.73. The molecule has 3 aromatic rings. The van der Waals surface area contributed by atoms with Crippen LogP contribution in [-0.4, -0.2) is 24.1 Å². The molecule has 0 radical (unpaired) electrons. The van der Waals surface area contributed by atoms with E-state index in [1.807, 2.05) is 12.1 Å². The van der Waals surface area contributed by atoms with Crippen LogP contribution in [0.4, 0.5) is 23.0 Å². The smallest absolute Gasteiger partial charge is 0.178 e. The number of hydrogen-bond donors (Lipinski definition) is 2. The molecule has 2 aromatic carbocycles. The highest BCUT2D eigenvalue weighted by Crippen LogP contribution is 2.24. The van der Waals surface area contributed by atoms with Crippen LogP contribution in [0.1, 0.15) is 32.3 Å². The molecule has 0 aliphatic carbocycles. The van der Waals surface area contributed by atoms with E-state index < -0.39 is 9.84 Å². The monoisotopic (exact) mass is 396 g/mol. The predicted molar refractivity (Wildman–Crippen MR) is 113 cm³/mol. The molecule has 0 saturated heterocycles. The van der Waals surface area contributed by atoms with Gasteiger partial charge in [0.2, 0.25) is 0 Å². The van der Waals surface area contributed by atoms with Crippen LogP contribution in [0.2, 0.25) is 0 Å². The number of nitrogens with zero attached hydrogens (tertiary/aromatic N) is 2. The van der Waals surface area contributed by atoms with Gasteiger partial charge >= 0.3 is 0 Å². The van der Waals surface area contributed by atoms with E-state index in [9.17, 15) is 8.42 Å². The molecule has 0 bridgehead atoms. The minimum absolute atomic E-state index is 0.0630. The lowest BCUT2D eigenvalue weighted by Crippen LogP contribution is -2.04. The Morgan fingerprint density at radius 2 is 1.50 bits per heavy atom. The van der Waals surface area contributed by atoms with E-state index in [1.165, 1.54) is 11.9 Å². The van der Waals surface area contributed by atoms with Crippen molar-refractivity contribution in [2.24, 2.45) is 0 Å². The van der Waals surface area contributed by atoms with Gasteiger partial charge in [0.1, 0.15) is 18.0 Å². The number of aromatic nitrogens is 2. The van der Waals surface area contributed by atoms with E-state index in [4.69, 9.17) is 0 Å². The molecule has 6 nitrogen and oxygen atoms in total. The first-order valence-electron chi connectivity index (χ1n) is 9.16. The minimum Gasteiger partial charge on any atom is -0.340 e. The standard InChI is InChI=1S/C21H24N4O2S/c1-4-28(26,27)19-10-6-9-18(12-19)25-21-13-20(22-14-23-21)24-17-8-5-7-16(11-17)15(2)3/h5-15H,4H2,1-3H3,(H2,22,23,24,25). The van der Waals surface area contributed by atoms with E-state index in [0.29, 0.717) is 23.2 Å². The zero-order chi connectivity index (χ0) is 20.1. The van der Waals surface area contributed by atoms with Crippen LogP contribution in [-0.2, 0) is 9.84 Å². The van der Waals surface area contributed by atoms with Crippen molar-refractivity contribution in [2.75, 3.05) is 16.4 Å². The average Bonchev–Trinajstić information content (AvgIpc) is 2.68. The molecule has 1 aromatic heterocycles. The molecule has 3 rings (SSSR count). The molecule has 1 heterocycles. The van der Waals surface area contributed by atoms with E-state index >= 15 is 0 Å². The van der Waals surface area contributed by atoms with Crippen molar-refractivity contribution in [1.82, 2.24) is 9.97 Å². The van der Waals surface area contributed by atoms with Crippen molar-refractivity contribution < 1.29 is 8.42 Å². The third-order valence-electron chi connectivity index (χ3n) is 4.34. The quantitative estimate of drug-likeness (QED) is 0.592. The van der Waals surface area contributed by atoms with E-state index in [2.05, 4.69) is 46.6 Å². The van der Waals surface area contributed by atoms with Crippen LogP contribution < -0.4 is 10.6 Å². The van der Waals surface area contributed by atoms with Crippen molar-refractivity contribution in [2.45, 2.75) is 31.6 Å². The highest BCUT2D eigenvalue weighted by molar-refractivity contribution is 7.91. The van der Waals surface area contributed by atoms with Gasteiger partial charge in [0.15, 0.2) is 9.84 Å². The minimum atomic E-state index is -3.26. The zero-order valence-electron chi connectivity index (χ0n) is 16.2. The Hall–Kier alpha value is -2.93. The van der Waals surface area contributed by atoms with Gasteiger partial charge in [-0.3, -0.25) is 0 Å². The third kappa shape index (κ3) is 4.86. The summed E-state index contributed by atoms with van der Waals surface area (Å²) in [6, 6.07) is 16.7. The number of rotatable bonds is 7. The summed E-state index contributed by atoms with van der Waals surface area (Å²) < 4.78 is 24.1. The molecule has 2 N–H and O–H groups in total. The van der Waals surface area contributed by atoms with Gasteiger partial charge in [-0.1, -0.05) is 39.0 Å². The van der Waals surface area contributed by atoms with Crippen LogP contribution in [0.3, 0.4) is 0 Å². The summed E-state index contributed by atoms with van der Waals surface area (Å²) in [6.07, 6.45) is 1.46. The van der Waals surface area contributed by atoms with Gasteiger partial charge in [-0.25, -0.2) is 18.4 Å². The van der Waals surface area contributed by atoms with Gasteiger partial charge in [0.05, 0.1) is 10.6 Å². The average molecular weight is 397 g/mol. The van der Waals surface area contributed by atoms with Crippen molar-refractivity contribution in [3.05, 3.63) is 66.5 Å². The molecule has 0 amide bonds. The molecule has 0 aliphatic rings. The van der Waals surface area contributed by atoms with Crippen LogP contribution in [0.15, 0.2) is 65.8 Å². The second-order valence-electron chi connectivity index (χ2n) is 6.75. The Balaban J connectivity index is 1.79. The van der Waals surface area contributed by atoms with Gasteiger partial charge in [-0.2, -0.15) is 0 Å². The first-order chi connectivity index (χ1) is 13.4. The molecule has 0 saturated carbocycles. The Morgan fingerprint density at radius 1 is 0.893 bits per heavy atom. The maximum absolute atomic E-state index is 12.1. The fraction of sp³-hybridized carbons (Fsp3) is 0.238. The van der Waals surface area contributed by atoms with Gasteiger partial charge in [-0.05, 0) is 41.8 Å². The Labute approximate surface area is 166 Å². The predicted octanol–water partition coefficient (Wildman–Crippen LogP) is 4.88. The fourth-order valence-electron chi connectivity index (χ4n) is 2.70. The van der Waals surface area contributed by atoms with E-state index in [0.717, 1.165) is 5.69 Å². The first kappa shape index (κ1) is 19.8. The molecule has 0 fully saturated rings. The summed E-state index contributed by atoms with van der Waals surface area (Å²) in [5.41, 5.74) is 2.85. The Morgan fingerprint density at radius 3 is 2.11 bits per heavy atom. The molecular formula is C21H24N4O2S. The maximum atomic E-state index is 12.1. The summed E-state index contributed by atoms with van der Waals surface area (Å²) in [4.78, 5) is 8.77. The first-order valence-corrected chi connectivity index (χ1v) is 10.8. The number of sulfone groups is 1. The SMILES string of the molecule is CCS(=O)(=O)c1cccc(Nc2cc(Nc3cccc(C(C)C)c3)ncn2)c1. The highest BCUT2D eigenvalue weighted by atomic mass is 32.2. The lowest BCUT2D eigenvalue weighted by molar-refractivity contribution is 0.597. The Kier molecular flexibility index (Phi) is 5.94.